The molecule has 1 aliphatic rings. The Morgan fingerprint density at radius 2 is 1.68 bits per heavy atom. The third-order valence-corrected chi connectivity index (χ3v) is 5.40. The van der Waals surface area contributed by atoms with Crippen molar-refractivity contribution < 1.29 is 23.9 Å². The molecule has 1 fully saturated rings. The van der Waals surface area contributed by atoms with Crippen molar-refractivity contribution in [2.45, 2.75) is 12.5 Å². The molecule has 0 bridgehead atoms. The van der Waals surface area contributed by atoms with Crippen LogP contribution < -0.4 is 21.1 Å². The molecule has 3 aromatic carbocycles. The molecule has 1 saturated heterocycles. The number of imide groups is 1. The molecule has 0 spiro atoms. The molecule has 0 aliphatic carbocycles. The van der Waals surface area contributed by atoms with Crippen molar-refractivity contribution in [2.24, 2.45) is 5.73 Å². The molecule has 3 aromatic rings. The monoisotopic (exact) mass is 458 g/mol. The normalized spacial score (nSPS) is 17.3. The summed E-state index contributed by atoms with van der Waals surface area (Å²) in [5.74, 6) is -0.672. The van der Waals surface area contributed by atoms with E-state index >= 15 is 0 Å². The largest absolute Gasteiger partial charge is 0.457 e. The van der Waals surface area contributed by atoms with Gasteiger partial charge in [0.15, 0.2) is 0 Å². The van der Waals surface area contributed by atoms with Crippen LogP contribution >= 0.6 is 0 Å². The zero-order valence-electron chi connectivity index (χ0n) is 18.3. The summed E-state index contributed by atoms with van der Waals surface area (Å²) in [6.45, 7) is 1.02. The van der Waals surface area contributed by atoms with E-state index in [-0.39, 0.29) is 5.56 Å². The number of carbonyl (C=O) groups excluding carboxylic acids is 4. The highest BCUT2D eigenvalue weighted by Gasteiger charge is 2.49. The summed E-state index contributed by atoms with van der Waals surface area (Å²) in [5, 5.41) is 5.28. The molecule has 172 valence electrons. The van der Waals surface area contributed by atoms with Gasteiger partial charge in [0.1, 0.15) is 23.6 Å². The zero-order chi connectivity index (χ0) is 24.3. The van der Waals surface area contributed by atoms with E-state index in [1.165, 1.54) is 19.1 Å². The molecule has 1 unspecified atom stereocenters. The number of carbonyl (C=O) groups is 4. The van der Waals surface area contributed by atoms with Gasteiger partial charge in [-0.05, 0) is 48.9 Å². The molecular weight excluding hydrogens is 436 g/mol. The Hall–Kier alpha value is -4.66. The predicted octanol–water partition coefficient (Wildman–Crippen LogP) is 2.98. The van der Waals surface area contributed by atoms with E-state index in [0.717, 1.165) is 4.90 Å². The van der Waals surface area contributed by atoms with Crippen LogP contribution in [0.3, 0.4) is 0 Å². The number of anilines is 1. The van der Waals surface area contributed by atoms with Crippen molar-refractivity contribution in [1.82, 2.24) is 10.2 Å². The van der Waals surface area contributed by atoms with Gasteiger partial charge >= 0.3 is 6.03 Å². The highest BCUT2D eigenvalue weighted by atomic mass is 16.5. The molecule has 1 aliphatic heterocycles. The van der Waals surface area contributed by atoms with Crippen LogP contribution in [-0.2, 0) is 15.1 Å². The lowest BCUT2D eigenvalue weighted by molar-refractivity contribution is -0.133. The summed E-state index contributed by atoms with van der Waals surface area (Å²) in [6.07, 6.45) is 0. The second kappa shape index (κ2) is 9.07. The van der Waals surface area contributed by atoms with Gasteiger partial charge in [-0.3, -0.25) is 19.3 Å². The Morgan fingerprint density at radius 3 is 2.41 bits per heavy atom. The van der Waals surface area contributed by atoms with Crippen molar-refractivity contribution in [1.29, 1.82) is 0 Å². The molecule has 0 aromatic heterocycles. The molecule has 0 saturated carbocycles. The number of ether oxygens (including phenoxy) is 1. The first-order valence-electron chi connectivity index (χ1n) is 10.4. The number of rotatable bonds is 7. The molecule has 9 nitrogen and oxygen atoms in total. The zero-order valence-corrected chi connectivity index (χ0v) is 18.3. The van der Waals surface area contributed by atoms with Gasteiger partial charge in [0.25, 0.3) is 5.91 Å². The van der Waals surface area contributed by atoms with Crippen molar-refractivity contribution >= 4 is 29.4 Å². The van der Waals surface area contributed by atoms with Crippen molar-refractivity contribution in [3.63, 3.8) is 0 Å². The third kappa shape index (κ3) is 4.58. The molecule has 4 rings (SSSR count). The van der Waals surface area contributed by atoms with E-state index in [1.807, 2.05) is 18.2 Å². The second-order valence-electron chi connectivity index (χ2n) is 7.88. The number of primary amides is 1. The van der Waals surface area contributed by atoms with Crippen LogP contribution in [0.25, 0.3) is 0 Å². The molecule has 1 heterocycles. The number of nitrogens with zero attached hydrogens (tertiary/aromatic N) is 1. The van der Waals surface area contributed by atoms with Gasteiger partial charge in [-0.25, -0.2) is 4.79 Å². The fourth-order valence-electron chi connectivity index (χ4n) is 3.63. The first kappa shape index (κ1) is 22.5. The SMILES string of the molecule is CC1(c2cccc(C(N)=O)c2)NC(=O)N(CC(=O)Nc2cccc(Oc3ccccc3)c2)C1=O. The molecule has 34 heavy (non-hydrogen) atoms. The average Bonchev–Trinajstić information content (AvgIpc) is 3.04. The summed E-state index contributed by atoms with van der Waals surface area (Å²) < 4.78 is 5.76. The minimum Gasteiger partial charge on any atom is -0.457 e. The summed E-state index contributed by atoms with van der Waals surface area (Å²) in [6, 6.07) is 21.3. The van der Waals surface area contributed by atoms with E-state index in [1.54, 1.807) is 48.5 Å². The van der Waals surface area contributed by atoms with Crippen molar-refractivity contribution in [3.05, 3.63) is 90.0 Å². The van der Waals surface area contributed by atoms with Gasteiger partial charge in [-0.1, -0.05) is 36.4 Å². The molecule has 9 heteroatoms. The molecular formula is C25H22N4O5. The van der Waals surface area contributed by atoms with Crippen LogP contribution in [-0.4, -0.2) is 35.2 Å². The van der Waals surface area contributed by atoms with E-state index in [4.69, 9.17) is 10.5 Å². The number of hydrogen-bond donors (Lipinski definition) is 3. The first-order chi connectivity index (χ1) is 16.3. The minimum atomic E-state index is -1.44. The Labute approximate surface area is 195 Å². The van der Waals surface area contributed by atoms with Crippen molar-refractivity contribution in [2.75, 3.05) is 11.9 Å². The van der Waals surface area contributed by atoms with Gasteiger partial charge < -0.3 is 21.1 Å². The molecule has 1 atom stereocenters. The number of para-hydroxylation sites is 1. The van der Waals surface area contributed by atoms with Gasteiger partial charge in [-0.2, -0.15) is 0 Å². The quantitative estimate of drug-likeness (QED) is 0.469. The van der Waals surface area contributed by atoms with Crippen LogP contribution in [0, 0.1) is 0 Å². The van der Waals surface area contributed by atoms with E-state index in [2.05, 4.69) is 10.6 Å². The highest BCUT2D eigenvalue weighted by molar-refractivity contribution is 6.10. The third-order valence-electron chi connectivity index (χ3n) is 5.40. The summed E-state index contributed by atoms with van der Waals surface area (Å²) >= 11 is 0. The highest BCUT2D eigenvalue weighted by Crippen LogP contribution is 2.29. The Kier molecular flexibility index (Phi) is 6.01. The average molecular weight is 458 g/mol. The Morgan fingerprint density at radius 1 is 0.971 bits per heavy atom. The lowest BCUT2D eigenvalue weighted by Gasteiger charge is -2.22. The van der Waals surface area contributed by atoms with Gasteiger partial charge in [0.05, 0.1) is 0 Å². The van der Waals surface area contributed by atoms with Crippen LogP contribution in [0.5, 0.6) is 11.5 Å². The lowest BCUT2D eigenvalue weighted by Crippen LogP contribution is -2.42. The Bertz CT molecular complexity index is 1280. The fraction of sp³-hybridized carbons (Fsp3) is 0.120. The topological polar surface area (TPSA) is 131 Å². The number of amides is 5. The maximum atomic E-state index is 13.1. The number of benzene rings is 3. The number of nitrogens with one attached hydrogen (secondary N) is 2. The number of hydrogen-bond acceptors (Lipinski definition) is 5. The number of nitrogens with two attached hydrogens (primary N) is 1. The summed E-state index contributed by atoms with van der Waals surface area (Å²) in [7, 11) is 0. The smallest absolute Gasteiger partial charge is 0.325 e. The van der Waals surface area contributed by atoms with Gasteiger partial charge in [-0.15, -0.1) is 0 Å². The van der Waals surface area contributed by atoms with E-state index in [9.17, 15) is 19.2 Å². The maximum absolute atomic E-state index is 13.1. The Balaban J connectivity index is 1.45. The summed E-state index contributed by atoms with van der Waals surface area (Å²) in [5.41, 5.74) is 4.92. The van der Waals surface area contributed by atoms with E-state index < -0.39 is 35.8 Å². The maximum Gasteiger partial charge on any atom is 0.325 e. The van der Waals surface area contributed by atoms with Crippen LogP contribution in [0.1, 0.15) is 22.8 Å². The standard InChI is InChI=1S/C25H22N4O5/c1-25(17-8-5-7-16(13-17)22(26)31)23(32)29(24(33)28-25)15-21(30)27-18-9-6-12-20(14-18)34-19-10-3-2-4-11-19/h2-14H,15H2,1H3,(H2,26,31)(H,27,30)(H,28,33). The van der Waals surface area contributed by atoms with E-state index in [0.29, 0.717) is 22.7 Å². The number of urea groups is 1. The first-order valence-corrected chi connectivity index (χ1v) is 10.4. The minimum absolute atomic E-state index is 0.203. The van der Waals surface area contributed by atoms with Crippen molar-refractivity contribution in [3.8, 4) is 11.5 Å². The summed E-state index contributed by atoms with van der Waals surface area (Å²) in [4.78, 5) is 50.6. The molecule has 5 amide bonds. The molecule has 0 radical (unpaired) electrons. The molecule has 4 N–H and O–H groups in total. The lowest BCUT2D eigenvalue weighted by atomic mass is 9.90. The second-order valence-corrected chi connectivity index (χ2v) is 7.88. The predicted molar refractivity (Wildman–Crippen MR) is 124 cm³/mol. The van der Waals surface area contributed by atoms with Crippen LogP contribution in [0.2, 0.25) is 0 Å². The van der Waals surface area contributed by atoms with Crippen LogP contribution in [0.15, 0.2) is 78.9 Å². The van der Waals surface area contributed by atoms with Gasteiger partial charge in [0, 0.05) is 17.3 Å². The fourth-order valence-corrected chi connectivity index (χ4v) is 3.63. The van der Waals surface area contributed by atoms with Crippen LogP contribution in [0.4, 0.5) is 10.5 Å². The van der Waals surface area contributed by atoms with Gasteiger partial charge in [0.2, 0.25) is 11.8 Å².